The molecule has 0 aliphatic rings. The maximum absolute atomic E-state index is 8.84. The van der Waals surface area contributed by atoms with Crippen LogP contribution in [0, 0.1) is 13.8 Å². The number of hydrogen-bond donors (Lipinski definition) is 2. The lowest BCUT2D eigenvalue weighted by Gasteiger charge is -2.19. The summed E-state index contributed by atoms with van der Waals surface area (Å²) in [5.74, 6) is 0. The second kappa shape index (κ2) is 5.64. The minimum Gasteiger partial charge on any atom is -0.396 e. The lowest BCUT2D eigenvalue weighted by atomic mass is 10.1. The Kier molecular flexibility index (Phi) is 4.77. The van der Waals surface area contributed by atoms with Gasteiger partial charge < -0.3 is 10.4 Å². The summed E-state index contributed by atoms with van der Waals surface area (Å²) in [6, 6.07) is 2.99. The molecule has 0 aliphatic carbocycles. The third-order valence-corrected chi connectivity index (χ3v) is 3.62. The number of aliphatic hydroxyl groups is 1. The molecule has 0 amide bonds. The van der Waals surface area contributed by atoms with Crippen molar-refractivity contribution < 1.29 is 5.11 Å². The smallest absolute Gasteiger partial charge is 0.0445 e. The molecular weight excluding hydrogens is 206 g/mol. The molecule has 0 aromatic carbocycles. The predicted octanol–water partition coefficient (Wildman–Crippen LogP) is 2.79. The third kappa shape index (κ3) is 3.59. The second-order valence-electron chi connectivity index (χ2n) is 4.17. The fraction of sp³-hybridized carbons (Fsp3) is 0.667. The van der Waals surface area contributed by atoms with Gasteiger partial charge in [-0.25, -0.2) is 0 Å². The number of nitrogens with one attached hydrogen (secondary N) is 1. The third-order valence-electron chi connectivity index (χ3n) is 2.64. The molecule has 0 saturated heterocycles. The van der Waals surface area contributed by atoms with Crippen LogP contribution in [0.4, 0.5) is 0 Å². The zero-order valence-electron chi connectivity index (χ0n) is 10.0. The molecule has 3 heteroatoms. The van der Waals surface area contributed by atoms with Crippen molar-refractivity contribution in [3.63, 3.8) is 0 Å². The zero-order chi connectivity index (χ0) is 11.4. The monoisotopic (exact) mass is 227 g/mol. The highest BCUT2D eigenvalue weighted by Gasteiger charge is 2.13. The minimum absolute atomic E-state index is 0.253. The van der Waals surface area contributed by atoms with Gasteiger partial charge in [-0.15, -0.1) is 11.3 Å². The van der Waals surface area contributed by atoms with Crippen LogP contribution < -0.4 is 5.32 Å². The first kappa shape index (κ1) is 12.7. The van der Waals surface area contributed by atoms with E-state index in [0.717, 1.165) is 6.42 Å². The Morgan fingerprint density at radius 3 is 2.53 bits per heavy atom. The number of aryl methyl sites for hydroxylation is 2. The van der Waals surface area contributed by atoms with E-state index in [1.807, 2.05) is 11.3 Å². The summed E-state index contributed by atoms with van der Waals surface area (Å²) in [7, 11) is 0. The maximum Gasteiger partial charge on any atom is 0.0445 e. The molecule has 1 unspecified atom stereocenters. The van der Waals surface area contributed by atoms with E-state index in [4.69, 9.17) is 5.11 Å². The fourth-order valence-corrected chi connectivity index (χ4v) is 2.90. The Labute approximate surface area is 96.3 Å². The van der Waals surface area contributed by atoms with Gasteiger partial charge in [-0.2, -0.15) is 0 Å². The van der Waals surface area contributed by atoms with Crippen LogP contribution >= 0.6 is 11.3 Å². The number of thiophene rings is 1. The molecular formula is C12H21NOS. The fourth-order valence-electron chi connectivity index (χ4n) is 1.87. The Morgan fingerprint density at radius 2 is 2.07 bits per heavy atom. The van der Waals surface area contributed by atoms with E-state index in [0.29, 0.717) is 12.1 Å². The van der Waals surface area contributed by atoms with Crippen LogP contribution in [0.1, 0.15) is 41.6 Å². The number of aliphatic hydroxyl groups excluding tert-OH is 1. The molecule has 1 rings (SSSR count). The highest BCUT2D eigenvalue weighted by Crippen LogP contribution is 2.26. The van der Waals surface area contributed by atoms with E-state index < -0.39 is 0 Å². The van der Waals surface area contributed by atoms with Crippen LogP contribution in [0.3, 0.4) is 0 Å². The van der Waals surface area contributed by atoms with Gasteiger partial charge in [0, 0.05) is 28.4 Å². The summed E-state index contributed by atoms with van der Waals surface area (Å²) in [5, 5.41) is 12.3. The van der Waals surface area contributed by atoms with E-state index in [1.165, 1.54) is 15.3 Å². The standard InChI is InChI=1S/C12H21NOS/c1-8(5-6-14)13-10(3)12-7-9(2)15-11(12)4/h7-8,10,13-14H,5-6H2,1-4H3/t8-,10?/m1/s1. The summed E-state index contributed by atoms with van der Waals surface area (Å²) in [6.45, 7) is 8.86. The van der Waals surface area contributed by atoms with E-state index in [1.54, 1.807) is 0 Å². The van der Waals surface area contributed by atoms with Crippen LogP contribution in [-0.2, 0) is 0 Å². The molecule has 0 saturated carbocycles. The van der Waals surface area contributed by atoms with Crippen molar-refractivity contribution in [1.29, 1.82) is 0 Å². The van der Waals surface area contributed by atoms with Gasteiger partial charge in [0.2, 0.25) is 0 Å². The average Bonchev–Trinajstić information content (AvgIpc) is 2.45. The summed E-state index contributed by atoms with van der Waals surface area (Å²) in [6.07, 6.45) is 0.812. The molecule has 2 nitrogen and oxygen atoms in total. The van der Waals surface area contributed by atoms with Gasteiger partial charge in [0.15, 0.2) is 0 Å². The molecule has 0 spiro atoms. The SMILES string of the molecule is Cc1cc(C(C)N[C@H](C)CCO)c(C)s1. The zero-order valence-corrected chi connectivity index (χ0v) is 10.8. The average molecular weight is 227 g/mol. The molecule has 1 aromatic rings. The molecule has 1 aromatic heterocycles. The van der Waals surface area contributed by atoms with Gasteiger partial charge >= 0.3 is 0 Å². The molecule has 2 atom stereocenters. The molecule has 0 aliphatic heterocycles. The van der Waals surface area contributed by atoms with Gasteiger partial charge in [-0.1, -0.05) is 0 Å². The Balaban J connectivity index is 2.60. The Morgan fingerprint density at radius 1 is 1.40 bits per heavy atom. The first-order chi connectivity index (χ1) is 7.04. The highest BCUT2D eigenvalue weighted by atomic mass is 32.1. The highest BCUT2D eigenvalue weighted by molar-refractivity contribution is 7.12. The Bertz CT molecular complexity index is 309. The van der Waals surface area contributed by atoms with Gasteiger partial charge in [0.25, 0.3) is 0 Å². The summed E-state index contributed by atoms with van der Waals surface area (Å²) >= 11 is 1.85. The number of hydrogen-bond acceptors (Lipinski definition) is 3. The van der Waals surface area contributed by atoms with Crippen molar-refractivity contribution in [1.82, 2.24) is 5.32 Å². The molecule has 0 radical (unpaired) electrons. The van der Waals surface area contributed by atoms with Gasteiger partial charge in [-0.3, -0.25) is 0 Å². The lowest BCUT2D eigenvalue weighted by Crippen LogP contribution is -2.29. The quantitative estimate of drug-likeness (QED) is 0.810. The van der Waals surface area contributed by atoms with Crippen molar-refractivity contribution in [3.05, 3.63) is 21.4 Å². The summed E-state index contributed by atoms with van der Waals surface area (Å²) < 4.78 is 0. The molecule has 0 fully saturated rings. The van der Waals surface area contributed by atoms with Crippen molar-refractivity contribution in [3.8, 4) is 0 Å². The summed E-state index contributed by atoms with van der Waals surface area (Å²) in [5.41, 5.74) is 1.39. The molecule has 1 heterocycles. The molecule has 2 N–H and O–H groups in total. The van der Waals surface area contributed by atoms with E-state index >= 15 is 0 Å². The van der Waals surface area contributed by atoms with Gasteiger partial charge in [-0.05, 0) is 45.7 Å². The van der Waals surface area contributed by atoms with Crippen molar-refractivity contribution in [2.75, 3.05) is 6.61 Å². The first-order valence-corrected chi connectivity index (χ1v) is 6.30. The minimum atomic E-state index is 0.253. The summed E-state index contributed by atoms with van der Waals surface area (Å²) in [4.78, 5) is 2.76. The molecule has 86 valence electrons. The van der Waals surface area contributed by atoms with Crippen LogP contribution in [0.15, 0.2) is 6.07 Å². The van der Waals surface area contributed by atoms with Crippen LogP contribution in [0.5, 0.6) is 0 Å². The van der Waals surface area contributed by atoms with E-state index in [2.05, 4.69) is 39.1 Å². The van der Waals surface area contributed by atoms with Crippen molar-refractivity contribution in [2.45, 2.75) is 46.2 Å². The molecule has 15 heavy (non-hydrogen) atoms. The van der Waals surface area contributed by atoms with Gasteiger partial charge in [0.05, 0.1) is 0 Å². The van der Waals surface area contributed by atoms with Crippen molar-refractivity contribution >= 4 is 11.3 Å². The van der Waals surface area contributed by atoms with Crippen LogP contribution in [-0.4, -0.2) is 17.8 Å². The van der Waals surface area contributed by atoms with Crippen LogP contribution in [0.2, 0.25) is 0 Å². The predicted molar refractivity (Wildman–Crippen MR) is 66.5 cm³/mol. The van der Waals surface area contributed by atoms with Crippen LogP contribution in [0.25, 0.3) is 0 Å². The lowest BCUT2D eigenvalue weighted by molar-refractivity contribution is 0.264. The van der Waals surface area contributed by atoms with E-state index in [9.17, 15) is 0 Å². The molecule has 0 bridgehead atoms. The maximum atomic E-state index is 8.84. The normalized spacial score (nSPS) is 15.3. The number of rotatable bonds is 5. The Hall–Kier alpha value is -0.380. The van der Waals surface area contributed by atoms with E-state index in [-0.39, 0.29) is 6.61 Å². The first-order valence-electron chi connectivity index (χ1n) is 5.48. The van der Waals surface area contributed by atoms with Gasteiger partial charge in [0.1, 0.15) is 0 Å². The topological polar surface area (TPSA) is 32.3 Å². The second-order valence-corrected chi connectivity index (χ2v) is 5.63. The largest absolute Gasteiger partial charge is 0.396 e. The van der Waals surface area contributed by atoms with Crippen molar-refractivity contribution in [2.24, 2.45) is 0 Å².